The Hall–Kier alpha value is -2.99. The Kier molecular flexibility index (Phi) is 6.02. The lowest BCUT2D eigenvalue weighted by atomic mass is 9.96. The summed E-state index contributed by atoms with van der Waals surface area (Å²) in [6.07, 6.45) is 0.654. The summed E-state index contributed by atoms with van der Waals surface area (Å²) in [5, 5.41) is 7.15. The summed E-state index contributed by atoms with van der Waals surface area (Å²) in [6.45, 7) is 6.69. The molecule has 0 fully saturated rings. The summed E-state index contributed by atoms with van der Waals surface area (Å²) in [5.41, 5.74) is 4.33. The van der Waals surface area contributed by atoms with Crippen molar-refractivity contribution < 1.29 is 14.2 Å². The molecule has 2 atom stereocenters. The van der Waals surface area contributed by atoms with Gasteiger partial charge in [-0.3, -0.25) is 0 Å². The number of hydrazone groups is 1. The summed E-state index contributed by atoms with van der Waals surface area (Å²) < 4.78 is 18.9. The number of nitrogens with zero attached hydrogens (tertiary/aromatic N) is 2. The first-order valence-corrected chi connectivity index (χ1v) is 12.1. The average molecular weight is 507 g/mol. The van der Waals surface area contributed by atoms with Crippen LogP contribution in [0.4, 0.5) is 0 Å². The van der Waals surface area contributed by atoms with Crippen LogP contribution in [0.2, 0.25) is 0 Å². The van der Waals surface area contributed by atoms with Crippen molar-refractivity contribution in [3.63, 3.8) is 0 Å². The average Bonchev–Trinajstić information content (AvgIpc) is 3.25. The summed E-state index contributed by atoms with van der Waals surface area (Å²) >= 11 is 3.62. The lowest BCUT2D eigenvalue weighted by Crippen LogP contribution is -2.33. The second kappa shape index (κ2) is 9.10. The molecule has 2 heterocycles. The van der Waals surface area contributed by atoms with Crippen molar-refractivity contribution in [3.8, 4) is 17.2 Å². The van der Waals surface area contributed by atoms with Crippen LogP contribution in [-0.4, -0.2) is 23.4 Å². The lowest BCUT2D eigenvalue weighted by Gasteiger charge is -2.38. The van der Waals surface area contributed by atoms with Crippen molar-refractivity contribution in [1.29, 1.82) is 0 Å². The van der Waals surface area contributed by atoms with Crippen molar-refractivity contribution in [2.75, 3.05) is 6.61 Å². The van der Waals surface area contributed by atoms with Crippen molar-refractivity contribution in [2.24, 2.45) is 5.10 Å². The Bertz CT molecular complexity index is 1160. The Morgan fingerprint density at radius 2 is 1.76 bits per heavy atom. The highest BCUT2D eigenvalue weighted by Gasteiger charge is 2.41. The molecular weight excluding hydrogens is 480 g/mol. The number of ether oxygens (including phenoxy) is 3. The summed E-state index contributed by atoms with van der Waals surface area (Å²) in [5.74, 6) is 2.62. The van der Waals surface area contributed by atoms with Gasteiger partial charge in [-0.05, 0) is 93.1 Å². The van der Waals surface area contributed by atoms with E-state index in [1.807, 2.05) is 57.2 Å². The topological polar surface area (TPSA) is 43.3 Å². The van der Waals surface area contributed by atoms with Crippen LogP contribution in [0, 0.1) is 0 Å². The van der Waals surface area contributed by atoms with Gasteiger partial charge in [-0.1, -0.05) is 15.9 Å². The van der Waals surface area contributed by atoms with E-state index in [2.05, 4.69) is 51.3 Å². The number of fused-ring (bicyclic) bond motifs is 3. The molecule has 2 aliphatic rings. The Balaban J connectivity index is 1.49. The van der Waals surface area contributed by atoms with Gasteiger partial charge in [0.05, 0.1) is 24.5 Å². The molecule has 0 saturated carbocycles. The van der Waals surface area contributed by atoms with Gasteiger partial charge in [-0.2, -0.15) is 5.10 Å². The standard InChI is InChI=1S/C27H27BrN2O3/c1-4-31-21-10-7-19(8-11-21)27-30-25(23-15-20(28)9-14-26(23)33-27)16-24(29-30)18-5-12-22(13-6-18)32-17(2)3/h5-15,17,25,27H,4,16H2,1-3H3. The predicted octanol–water partition coefficient (Wildman–Crippen LogP) is 6.88. The van der Waals surface area contributed by atoms with Crippen LogP contribution >= 0.6 is 15.9 Å². The summed E-state index contributed by atoms with van der Waals surface area (Å²) in [7, 11) is 0. The van der Waals surface area contributed by atoms with E-state index in [1.54, 1.807) is 0 Å². The van der Waals surface area contributed by atoms with E-state index < -0.39 is 0 Å². The smallest absolute Gasteiger partial charge is 0.213 e. The number of rotatable bonds is 6. The number of benzene rings is 3. The zero-order chi connectivity index (χ0) is 22.9. The third-order valence-corrected chi connectivity index (χ3v) is 6.28. The normalized spacial score (nSPS) is 18.9. The van der Waals surface area contributed by atoms with E-state index in [0.29, 0.717) is 6.61 Å². The van der Waals surface area contributed by atoms with Crippen molar-refractivity contribution >= 4 is 21.6 Å². The van der Waals surface area contributed by atoms with Gasteiger partial charge in [0, 0.05) is 22.0 Å². The Labute approximate surface area is 203 Å². The molecule has 6 heteroatoms. The van der Waals surface area contributed by atoms with E-state index in [4.69, 9.17) is 19.3 Å². The number of hydrogen-bond acceptors (Lipinski definition) is 5. The summed E-state index contributed by atoms with van der Waals surface area (Å²) in [4.78, 5) is 0. The fraction of sp³-hybridized carbons (Fsp3) is 0.296. The maximum atomic E-state index is 6.47. The third kappa shape index (κ3) is 4.44. The maximum absolute atomic E-state index is 6.47. The zero-order valence-corrected chi connectivity index (χ0v) is 20.6. The van der Waals surface area contributed by atoms with Gasteiger partial charge in [0.1, 0.15) is 17.2 Å². The molecular formula is C27H27BrN2O3. The van der Waals surface area contributed by atoms with Crippen LogP contribution in [0.15, 0.2) is 76.3 Å². The Morgan fingerprint density at radius 1 is 1.03 bits per heavy atom. The van der Waals surface area contributed by atoms with Gasteiger partial charge in [-0.15, -0.1) is 0 Å². The predicted molar refractivity (Wildman–Crippen MR) is 133 cm³/mol. The van der Waals surface area contributed by atoms with Gasteiger partial charge >= 0.3 is 0 Å². The highest BCUT2D eigenvalue weighted by Crippen LogP contribution is 2.48. The molecule has 0 saturated heterocycles. The SMILES string of the molecule is CCOc1ccc(C2Oc3ccc(Br)cc3C3CC(c4ccc(OC(C)C)cc4)=NN32)cc1. The van der Waals surface area contributed by atoms with E-state index >= 15 is 0 Å². The van der Waals surface area contributed by atoms with E-state index in [9.17, 15) is 0 Å². The van der Waals surface area contributed by atoms with Crippen LogP contribution in [0.5, 0.6) is 17.2 Å². The lowest BCUT2D eigenvalue weighted by molar-refractivity contribution is -0.0191. The summed E-state index contributed by atoms with van der Waals surface area (Å²) in [6, 6.07) is 22.6. The first kappa shape index (κ1) is 21.8. The molecule has 0 aromatic heterocycles. The highest BCUT2D eigenvalue weighted by atomic mass is 79.9. The first-order valence-electron chi connectivity index (χ1n) is 11.3. The minimum atomic E-state index is -0.305. The first-order chi connectivity index (χ1) is 16.0. The fourth-order valence-corrected chi connectivity index (χ4v) is 4.72. The molecule has 0 bridgehead atoms. The molecule has 33 heavy (non-hydrogen) atoms. The van der Waals surface area contributed by atoms with Crippen LogP contribution in [-0.2, 0) is 0 Å². The van der Waals surface area contributed by atoms with Crippen LogP contribution in [0.1, 0.15) is 56.2 Å². The van der Waals surface area contributed by atoms with Crippen molar-refractivity contribution in [2.45, 2.75) is 45.6 Å². The molecule has 0 amide bonds. The fourth-order valence-electron chi connectivity index (χ4n) is 4.35. The molecule has 0 aliphatic carbocycles. The molecule has 5 nitrogen and oxygen atoms in total. The van der Waals surface area contributed by atoms with Gasteiger partial charge in [-0.25, -0.2) is 5.01 Å². The molecule has 5 rings (SSSR count). The van der Waals surface area contributed by atoms with Gasteiger partial charge < -0.3 is 14.2 Å². The Morgan fingerprint density at radius 3 is 2.45 bits per heavy atom. The van der Waals surface area contributed by atoms with Crippen LogP contribution < -0.4 is 14.2 Å². The maximum Gasteiger partial charge on any atom is 0.213 e. The largest absolute Gasteiger partial charge is 0.494 e. The molecule has 0 radical (unpaired) electrons. The third-order valence-electron chi connectivity index (χ3n) is 5.79. The van der Waals surface area contributed by atoms with Gasteiger partial charge in [0.25, 0.3) is 0 Å². The van der Waals surface area contributed by atoms with Crippen LogP contribution in [0.3, 0.4) is 0 Å². The van der Waals surface area contributed by atoms with Gasteiger partial charge in [0.2, 0.25) is 6.23 Å². The van der Waals surface area contributed by atoms with E-state index in [0.717, 1.165) is 50.5 Å². The minimum absolute atomic E-state index is 0.101. The van der Waals surface area contributed by atoms with Crippen molar-refractivity contribution in [3.05, 3.63) is 87.9 Å². The molecule has 0 spiro atoms. The van der Waals surface area contributed by atoms with Crippen LogP contribution in [0.25, 0.3) is 0 Å². The second-order valence-electron chi connectivity index (χ2n) is 8.49. The quantitative estimate of drug-likeness (QED) is 0.365. The number of halogens is 1. The molecule has 3 aromatic carbocycles. The monoisotopic (exact) mass is 506 g/mol. The highest BCUT2D eigenvalue weighted by molar-refractivity contribution is 9.10. The molecule has 2 aliphatic heterocycles. The van der Waals surface area contributed by atoms with Crippen molar-refractivity contribution in [1.82, 2.24) is 5.01 Å². The van der Waals surface area contributed by atoms with E-state index in [-0.39, 0.29) is 18.4 Å². The zero-order valence-electron chi connectivity index (χ0n) is 19.0. The molecule has 170 valence electrons. The molecule has 2 unspecified atom stereocenters. The minimum Gasteiger partial charge on any atom is -0.494 e. The molecule has 0 N–H and O–H groups in total. The number of hydrogen-bond donors (Lipinski definition) is 0. The van der Waals surface area contributed by atoms with E-state index in [1.165, 1.54) is 0 Å². The second-order valence-corrected chi connectivity index (χ2v) is 9.41. The molecule has 3 aromatic rings. The van der Waals surface area contributed by atoms with Gasteiger partial charge in [0.15, 0.2) is 0 Å².